The van der Waals surface area contributed by atoms with Gasteiger partial charge in [-0.1, -0.05) is 11.3 Å². The van der Waals surface area contributed by atoms with Crippen molar-refractivity contribution >= 4 is 60.6 Å². The van der Waals surface area contributed by atoms with E-state index in [1.165, 1.54) is 17.8 Å². The molecule has 0 unspecified atom stereocenters. The maximum Gasteiger partial charge on any atom is 0.434 e. The summed E-state index contributed by atoms with van der Waals surface area (Å²) in [5, 5.41) is 22.9. The number of alkyl halides is 3. The molecule has 0 atom stereocenters. The minimum atomic E-state index is -4.49. The Morgan fingerprint density at radius 1 is 0.892 bits per heavy atom. The highest BCUT2D eigenvalue weighted by atomic mass is 32.1. The van der Waals surface area contributed by atoms with Crippen molar-refractivity contribution in [2.75, 3.05) is 23.3 Å². The summed E-state index contributed by atoms with van der Waals surface area (Å²) in [6.07, 6.45) is -2.00. The molecule has 7 nitrogen and oxygen atoms in total. The molecule has 0 radical (unpaired) electrons. The first-order valence-corrected chi connectivity index (χ1v) is 13.2. The predicted octanol–water partition coefficient (Wildman–Crippen LogP) is 9.71. The molecule has 1 saturated heterocycles. The van der Waals surface area contributed by atoms with Gasteiger partial charge in [-0.05, 0) is 79.9 Å². The van der Waals surface area contributed by atoms with Gasteiger partial charge in [0.25, 0.3) is 0 Å². The van der Waals surface area contributed by atoms with Gasteiger partial charge in [-0.25, -0.2) is 4.98 Å². The number of hydrogen-bond donors (Lipinski definition) is 1. The zero-order valence-corrected chi connectivity index (χ0v) is 21.4. The summed E-state index contributed by atoms with van der Waals surface area (Å²) in [4.78, 5) is 5.83. The minimum Gasteiger partial charge on any atom is -0.363 e. The third-order valence-corrected chi connectivity index (χ3v) is 7.40. The van der Waals surface area contributed by atoms with E-state index in [9.17, 15) is 13.2 Å². The van der Waals surface area contributed by atoms with Gasteiger partial charge in [0.15, 0.2) is 5.69 Å². The molecule has 0 amide bonds. The monoisotopic (exact) mass is 541 g/mol. The number of azo groups is 2. The van der Waals surface area contributed by atoms with Crippen LogP contribution < -0.4 is 10.2 Å². The predicted molar refractivity (Wildman–Crippen MR) is 142 cm³/mol. The molecular weight excluding hydrogens is 519 g/mol. The first kappa shape index (κ1) is 25.0. The van der Waals surface area contributed by atoms with Crippen molar-refractivity contribution in [1.29, 1.82) is 0 Å². The molecule has 0 bridgehead atoms. The van der Waals surface area contributed by atoms with Crippen molar-refractivity contribution in [1.82, 2.24) is 4.98 Å². The number of thiophene rings is 1. The number of anilines is 3. The molecule has 2 aromatic heterocycles. The smallest absolute Gasteiger partial charge is 0.363 e. The number of hydrogen-bond acceptors (Lipinski definition) is 9. The van der Waals surface area contributed by atoms with Crippen LogP contribution in [0.4, 0.5) is 51.1 Å². The van der Waals surface area contributed by atoms with Gasteiger partial charge in [-0.3, -0.25) is 0 Å². The van der Waals surface area contributed by atoms with Gasteiger partial charge in [0, 0.05) is 29.8 Å². The van der Waals surface area contributed by atoms with Gasteiger partial charge in [-0.15, -0.1) is 31.8 Å². The normalized spacial score (nSPS) is 14.3. The number of nitrogens with zero attached hydrogens (tertiary/aromatic N) is 6. The van der Waals surface area contributed by atoms with Crippen LogP contribution in [0.2, 0.25) is 0 Å². The van der Waals surface area contributed by atoms with Gasteiger partial charge < -0.3 is 10.2 Å². The summed E-state index contributed by atoms with van der Waals surface area (Å²) in [6, 6.07) is 17.0. The van der Waals surface area contributed by atoms with E-state index in [0.717, 1.165) is 57.4 Å². The van der Waals surface area contributed by atoms with Crippen molar-refractivity contribution in [2.45, 2.75) is 25.9 Å². The minimum absolute atomic E-state index is 0.0477. The Hall–Kier alpha value is -3.64. The number of thiazole rings is 1. The fraction of sp³-hybridized carbons (Fsp3) is 0.240. The number of benzene rings is 2. The van der Waals surface area contributed by atoms with Crippen LogP contribution >= 0.6 is 22.7 Å². The Kier molecular flexibility index (Phi) is 7.28. The summed E-state index contributed by atoms with van der Waals surface area (Å²) in [6.45, 7) is 4.20. The Balaban J connectivity index is 1.19. The highest BCUT2D eigenvalue weighted by Gasteiger charge is 2.33. The second-order valence-corrected chi connectivity index (χ2v) is 10.3. The second-order valence-electron chi connectivity index (χ2n) is 8.39. The van der Waals surface area contributed by atoms with E-state index in [0.29, 0.717) is 5.69 Å². The lowest BCUT2D eigenvalue weighted by Gasteiger charge is -2.13. The number of aromatic nitrogens is 1. The van der Waals surface area contributed by atoms with Crippen molar-refractivity contribution in [2.24, 2.45) is 20.5 Å². The standard InChI is InChI=1S/C25H22F3N7S2/c1-16-14-19(32-33-22-10-11-23(37-22)35-12-2-3-13-35)8-9-20(16)29-17-4-6-18(7-5-17)31-34-24-30-21(15-36-24)25(26,27)28/h4-11,14-15,29H,2-3,12-13H2,1H3. The zero-order chi connectivity index (χ0) is 25.8. The lowest BCUT2D eigenvalue weighted by molar-refractivity contribution is -0.140. The molecule has 5 rings (SSSR count). The van der Waals surface area contributed by atoms with Crippen LogP contribution in [0.1, 0.15) is 24.1 Å². The molecule has 0 aliphatic carbocycles. The molecule has 1 aliphatic rings. The summed E-state index contributed by atoms with van der Waals surface area (Å²) in [5.41, 5.74) is 3.07. The van der Waals surface area contributed by atoms with E-state index < -0.39 is 11.9 Å². The van der Waals surface area contributed by atoms with Crippen LogP contribution in [0.15, 0.2) is 80.4 Å². The lowest BCUT2D eigenvalue weighted by Crippen LogP contribution is -2.15. The van der Waals surface area contributed by atoms with Gasteiger partial charge in [0.05, 0.1) is 16.4 Å². The quantitative estimate of drug-likeness (QED) is 0.237. The third-order valence-electron chi connectivity index (χ3n) is 5.65. The molecule has 12 heteroatoms. The van der Waals surface area contributed by atoms with Crippen LogP contribution in [0.3, 0.4) is 0 Å². The highest BCUT2D eigenvalue weighted by Crippen LogP contribution is 2.36. The lowest BCUT2D eigenvalue weighted by atomic mass is 10.1. The Labute approximate surface area is 219 Å². The van der Waals surface area contributed by atoms with Gasteiger partial charge >= 0.3 is 6.18 Å². The summed E-state index contributed by atoms with van der Waals surface area (Å²) in [7, 11) is 0. The molecule has 0 spiro atoms. The van der Waals surface area contributed by atoms with Crippen LogP contribution in [0, 0.1) is 6.92 Å². The molecular formula is C25H22F3N7S2. The topological polar surface area (TPSA) is 77.6 Å². The van der Waals surface area contributed by atoms with Gasteiger partial charge in [0.2, 0.25) is 5.13 Å². The molecule has 1 aliphatic heterocycles. The first-order valence-electron chi connectivity index (χ1n) is 11.5. The van der Waals surface area contributed by atoms with E-state index in [-0.39, 0.29) is 5.13 Å². The van der Waals surface area contributed by atoms with E-state index in [4.69, 9.17) is 0 Å². The van der Waals surface area contributed by atoms with Crippen molar-refractivity contribution < 1.29 is 13.2 Å². The van der Waals surface area contributed by atoms with Crippen LogP contribution in [0.5, 0.6) is 0 Å². The average Bonchev–Trinajstić information content (AvgIpc) is 3.65. The summed E-state index contributed by atoms with van der Waals surface area (Å²) >= 11 is 2.45. The summed E-state index contributed by atoms with van der Waals surface area (Å²) < 4.78 is 38.0. The number of halogens is 3. The van der Waals surface area contributed by atoms with Crippen LogP contribution in [-0.2, 0) is 6.18 Å². The fourth-order valence-electron chi connectivity index (χ4n) is 3.74. The number of aryl methyl sites for hydroxylation is 1. The number of nitrogens with one attached hydrogen (secondary N) is 1. The molecule has 37 heavy (non-hydrogen) atoms. The maximum atomic E-state index is 12.7. The highest BCUT2D eigenvalue weighted by molar-refractivity contribution is 7.19. The SMILES string of the molecule is Cc1cc(N=Nc2ccc(N3CCCC3)s2)ccc1Nc1ccc(N=Nc2nc(C(F)(F)F)cs2)cc1. The third kappa shape index (κ3) is 6.38. The molecule has 1 fully saturated rings. The van der Waals surface area contributed by atoms with Crippen LogP contribution in [0.25, 0.3) is 0 Å². The van der Waals surface area contributed by atoms with Crippen molar-refractivity contribution in [3.05, 3.63) is 71.2 Å². The summed E-state index contributed by atoms with van der Waals surface area (Å²) in [5.74, 6) is 0. The first-order chi connectivity index (χ1) is 17.8. The molecule has 0 saturated carbocycles. The van der Waals surface area contributed by atoms with Gasteiger partial charge in [-0.2, -0.15) is 13.2 Å². The maximum absolute atomic E-state index is 12.7. The van der Waals surface area contributed by atoms with Crippen molar-refractivity contribution in [3.63, 3.8) is 0 Å². The molecule has 1 N–H and O–H groups in total. The van der Waals surface area contributed by atoms with E-state index in [1.54, 1.807) is 23.5 Å². The Bertz CT molecular complexity index is 1420. The molecule has 2 aromatic carbocycles. The molecule has 3 heterocycles. The van der Waals surface area contributed by atoms with E-state index in [1.807, 2.05) is 43.3 Å². The zero-order valence-electron chi connectivity index (χ0n) is 19.7. The average molecular weight is 542 g/mol. The Morgan fingerprint density at radius 3 is 2.32 bits per heavy atom. The van der Waals surface area contributed by atoms with E-state index in [2.05, 4.69) is 41.7 Å². The molecule has 4 aromatic rings. The second kappa shape index (κ2) is 10.8. The van der Waals surface area contributed by atoms with E-state index >= 15 is 0 Å². The molecule has 190 valence electrons. The van der Waals surface area contributed by atoms with Gasteiger partial charge in [0.1, 0.15) is 5.00 Å². The number of rotatable bonds is 7. The van der Waals surface area contributed by atoms with Crippen LogP contribution in [-0.4, -0.2) is 18.1 Å². The van der Waals surface area contributed by atoms with Crippen molar-refractivity contribution in [3.8, 4) is 0 Å². The Morgan fingerprint density at radius 2 is 1.62 bits per heavy atom. The fourth-order valence-corrected chi connectivity index (χ4v) is 5.27. The largest absolute Gasteiger partial charge is 0.434 e.